The topological polar surface area (TPSA) is 50.8 Å². The Morgan fingerprint density at radius 1 is 0.828 bits per heavy atom. The summed E-state index contributed by atoms with van der Waals surface area (Å²) in [7, 11) is 0. The van der Waals surface area contributed by atoms with Gasteiger partial charge in [-0.1, -0.05) is 42.5 Å². The second-order valence-corrected chi connectivity index (χ2v) is 6.76. The number of rotatable bonds is 7. The summed E-state index contributed by atoms with van der Waals surface area (Å²) in [5.41, 5.74) is 2.59. The minimum atomic E-state index is -0.196. The van der Waals surface area contributed by atoms with Gasteiger partial charge in [0, 0.05) is 12.2 Å². The molecule has 3 aromatic carbocycles. The lowest BCUT2D eigenvalue weighted by molar-refractivity contribution is 0.0695. The van der Waals surface area contributed by atoms with Crippen molar-refractivity contribution in [3.8, 4) is 11.5 Å². The number of amides is 1. The third-order valence-corrected chi connectivity index (χ3v) is 4.92. The normalized spacial score (nSPS) is 15.4. The first-order valence-electron chi connectivity index (χ1n) is 9.83. The van der Waals surface area contributed by atoms with Gasteiger partial charge in [-0.3, -0.25) is 4.79 Å². The molecule has 1 N–H and O–H groups in total. The molecule has 0 aromatic heterocycles. The molecule has 1 atom stereocenters. The summed E-state index contributed by atoms with van der Waals surface area (Å²) in [4.78, 5) is 14.7. The summed E-state index contributed by atoms with van der Waals surface area (Å²) in [5, 5.41) is 3.48. The van der Waals surface area contributed by atoms with Crippen LogP contribution >= 0.6 is 0 Å². The van der Waals surface area contributed by atoms with Crippen LogP contribution in [0.25, 0.3) is 0 Å². The van der Waals surface area contributed by atoms with Crippen LogP contribution < -0.4 is 14.8 Å². The van der Waals surface area contributed by atoms with Gasteiger partial charge in [-0.15, -0.1) is 0 Å². The van der Waals surface area contributed by atoms with Gasteiger partial charge in [0.2, 0.25) is 0 Å². The summed E-state index contributed by atoms with van der Waals surface area (Å²) in [6.45, 7) is 3.55. The van der Waals surface area contributed by atoms with Gasteiger partial charge in [-0.25, -0.2) is 0 Å². The molecule has 1 amide bonds. The van der Waals surface area contributed by atoms with E-state index in [1.807, 2.05) is 90.7 Å². The number of carbonyl (C=O) groups is 1. The van der Waals surface area contributed by atoms with Crippen molar-refractivity contribution in [1.29, 1.82) is 0 Å². The molecule has 3 aromatic rings. The minimum absolute atomic E-state index is 0.0465. The summed E-state index contributed by atoms with van der Waals surface area (Å²) >= 11 is 0. The summed E-state index contributed by atoms with van der Waals surface area (Å²) in [6.07, 6.45) is -0.196. The molecule has 0 fully saturated rings. The van der Waals surface area contributed by atoms with Crippen LogP contribution in [-0.2, 0) is 0 Å². The van der Waals surface area contributed by atoms with Crippen LogP contribution in [0.5, 0.6) is 11.5 Å². The third-order valence-electron chi connectivity index (χ3n) is 4.92. The maximum atomic E-state index is 12.8. The minimum Gasteiger partial charge on any atom is -0.490 e. The van der Waals surface area contributed by atoms with Crippen LogP contribution in [0.2, 0.25) is 0 Å². The fourth-order valence-corrected chi connectivity index (χ4v) is 3.46. The number of fused-ring (bicyclic) bond motifs is 1. The molecule has 1 aliphatic rings. The monoisotopic (exact) mass is 388 g/mol. The molecule has 1 aliphatic heterocycles. The molecule has 5 heteroatoms. The lowest BCUT2D eigenvalue weighted by Gasteiger charge is -2.37. The van der Waals surface area contributed by atoms with Crippen molar-refractivity contribution >= 4 is 11.6 Å². The smallest absolute Gasteiger partial charge is 0.257 e. The SMILES string of the molecule is CCN1C(=O)c2ccccc2NC1c1ccc(OCCOc2ccccc2)cc1. The molecule has 4 rings (SSSR count). The highest BCUT2D eigenvalue weighted by Gasteiger charge is 2.31. The Hall–Kier alpha value is -3.47. The Bertz CT molecular complexity index is 957. The number of carbonyl (C=O) groups excluding carboxylic acids is 1. The molecule has 1 heterocycles. The van der Waals surface area contributed by atoms with Crippen molar-refractivity contribution in [2.75, 3.05) is 25.1 Å². The summed E-state index contributed by atoms with van der Waals surface area (Å²) < 4.78 is 11.4. The van der Waals surface area contributed by atoms with E-state index in [1.165, 1.54) is 0 Å². The molecule has 5 nitrogen and oxygen atoms in total. The molecule has 1 unspecified atom stereocenters. The van der Waals surface area contributed by atoms with Crippen molar-refractivity contribution in [2.24, 2.45) is 0 Å². The van der Waals surface area contributed by atoms with Gasteiger partial charge in [0.1, 0.15) is 30.9 Å². The molecule has 0 spiro atoms. The Morgan fingerprint density at radius 3 is 2.14 bits per heavy atom. The zero-order valence-electron chi connectivity index (χ0n) is 16.4. The molecule has 148 valence electrons. The Balaban J connectivity index is 1.39. The maximum absolute atomic E-state index is 12.8. The van der Waals surface area contributed by atoms with Gasteiger partial charge in [-0.2, -0.15) is 0 Å². The zero-order chi connectivity index (χ0) is 20.1. The Morgan fingerprint density at radius 2 is 1.45 bits per heavy atom. The number of ether oxygens (including phenoxy) is 2. The van der Waals surface area contributed by atoms with E-state index in [4.69, 9.17) is 9.47 Å². The van der Waals surface area contributed by atoms with Gasteiger partial charge in [0.05, 0.1) is 5.56 Å². The second kappa shape index (κ2) is 8.69. The number of hydrogen-bond donors (Lipinski definition) is 1. The van der Waals surface area contributed by atoms with E-state index in [9.17, 15) is 4.79 Å². The van der Waals surface area contributed by atoms with E-state index in [-0.39, 0.29) is 12.1 Å². The van der Waals surface area contributed by atoms with Crippen LogP contribution in [0.15, 0.2) is 78.9 Å². The Kier molecular flexibility index (Phi) is 5.66. The molecular formula is C24H24N2O3. The maximum Gasteiger partial charge on any atom is 0.257 e. The van der Waals surface area contributed by atoms with E-state index < -0.39 is 0 Å². The van der Waals surface area contributed by atoms with Crippen LogP contribution in [0.3, 0.4) is 0 Å². The number of nitrogens with zero attached hydrogens (tertiary/aromatic N) is 1. The third kappa shape index (κ3) is 4.19. The molecule has 0 radical (unpaired) electrons. The first-order chi connectivity index (χ1) is 14.3. The standard InChI is InChI=1S/C24H24N2O3/c1-2-26-23(25-22-11-7-6-10-21(22)24(26)27)18-12-14-20(15-13-18)29-17-16-28-19-8-4-3-5-9-19/h3-15,23,25H,2,16-17H2,1H3. The van der Waals surface area contributed by atoms with E-state index >= 15 is 0 Å². The van der Waals surface area contributed by atoms with Gasteiger partial charge < -0.3 is 19.7 Å². The number of nitrogens with one attached hydrogen (secondary N) is 1. The number of benzene rings is 3. The van der Waals surface area contributed by atoms with Crippen LogP contribution in [0, 0.1) is 0 Å². The number of para-hydroxylation sites is 2. The molecular weight excluding hydrogens is 364 g/mol. The highest BCUT2D eigenvalue weighted by Crippen LogP contribution is 2.33. The highest BCUT2D eigenvalue weighted by atomic mass is 16.5. The van der Waals surface area contributed by atoms with E-state index in [0.29, 0.717) is 25.3 Å². The molecule has 0 aliphatic carbocycles. The summed E-state index contributed by atoms with van der Waals surface area (Å²) in [5.74, 6) is 1.65. The van der Waals surface area contributed by atoms with Gasteiger partial charge in [-0.05, 0) is 48.9 Å². The lowest BCUT2D eigenvalue weighted by atomic mass is 10.0. The first kappa shape index (κ1) is 18.9. The molecule has 0 saturated carbocycles. The highest BCUT2D eigenvalue weighted by molar-refractivity contribution is 6.01. The van der Waals surface area contributed by atoms with Crippen LogP contribution in [0.4, 0.5) is 5.69 Å². The van der Waals surface area contributed by atoms with Crippen molar-refractivity contribution in [3.05, 3.63) is 90.0 Å². The largest absolute Gasteiger partial charge is 0.490 e. The Labute approximate surface area is 170 Å². The van der Waals surface area contributed by atoms with E-state index in [0.717, 1.165) is 22.7 Å². The van der Waals surface area contributed by atoms with Crippen LogP contribution in [-0.4, -0.2) is 30.6 Å². The van der Waals surface area contributed by atoms with Crippen molar-refractivity contribution in [2.45, 2.75) is 13.1 Å². The second-order valence-electron chi connectivity index (χ2n) is 6.76. The van der Waals surface area contributed by atoms with Crippen molar-refractivity contribution in [1.82, 2.24) is 4.90 Å². The van der Waals surface area contributed by atoms with E-state index in [2.05, 4.69) is 5.32 Å². The molecule has 0 bridgehead atoms. The summed E-state index contributed by atoms with van der Waals surface area (Å²) in [6, 6.07) is 25.2. The lowest BCUT2D eigenvalue weighted by Crippen LogP contribution is -2.42. The van der Waals surface area contributed by atoms with Gasteiger partial charge >= 0.3 is 0 Å². The molecule has 0 saturated heterocycles. The average molecular weight is 388 g/mol. The fraction of sp³-hybridized carbons (Fsp3) is 0.208. The predicted molar refractivity (Wildman–Crippen MR) is 113 cm³/mol. The average Bonchev–Trinajstić information content (AvgIpc) is 2.78. The van der Waals surface area contributed by atoms with Gasteiger partial charge in [0.15, 0.2) is 0 Å². The fourth-order valence-electron chi connectivity index (χ4n) is 3.46. The number of hydrogen-bond acceptors (Lipinski definition) is 4. The first-order valence-corrected chi connectivity index (χ1v) is 9.83. The number of anilines is 1. The van der Waals surface area contributed by atoms with Crippen molar-refractivity contribution < 1.29 is 14.3 Å². The predicted octanol–water partition coefficient (Wildman–Crippen LogP) is 4.73. The van der Waals surface area contributed by atoms with E-state index in [1.54, 1.807) is 0 Å². The van der Waals surface area contributed by atoms with Crippen LogP contribution in [0.1, 0.15) is 29.0 Å². The zero-order valence-corrected chi connectivity index (χ0v) is 16.4. The quantitative estimate of drug-likeness (QED) is 0.595. The molecule has 29 heavy (non-hydrogen) atoms. The van der Waals surface area contributed by atoms with Gasteiger partial charge in [0.25, 0.3) is 5.91 Å². The van der Waals surface area contributed by atoms with Crippen molar-refractivity contribution in [3.63, 3.8) is 0 Å².